The normalized spacial score (nSPS) is 10.9. The van der Waals surface area contributed by atoms with E-state index in [2.05, 4.69) is 42.3 Å². The van der Waals surface area contributed by atoms with Gasteiger partial charge in [0, 0.05) is 10.7 Å². The molecule has 0 bridgehead atoms. The summed E-state index contributed by atoms with van der Waals surface area (Å²) in [5, 5.41) is 5.10. The van der Waals surface area contributed by atoms with Gasteiger partial charge in [-0.25, -0.2) is 4.98 Å². The van der Waals surface area contributed by atoms with Gasteiger partial charge in [0.25, 0.3) is 0 Å². The highest BCUT2D eigenvalue weighted by molar-refractivity contribution is 7.22. The third-order valence-corrected chi connectivity index (χ3v) is 4.51. The molecule has 0 amide bonds. The van der Waals surface area contributed by atoms with E-state index < -0.39 is 0 Å². The molecule has 1 aromatic heterocycles. The molecule has 102 valence electrons. The predicted molar refractivity (Wildman–Crippen MR) is 88.5 cm³/mol. The number of nitrogens with one attached hydrogen (secondary N) is 1. The lowest BCUT2D eigenvalue weighted by atomic mass is 10.1. The molecular weight excluding hydrogens is 288 g/mol. The molecule has 2 nitrogen and oxygen atoms in total. The topological polar surface area (TPSA) is 24.9 Å². The molecule has 3 aromatic rings. The second-order valence-corrected chi connectivity index (χ2v) is 6.19. The van der Waals surface area contributed by atoms with Gasteiger partial charge in [0.05, 0.1) is 10.2 Å². The van der Waals surface area contributed by atoms with E-state index in [-0.39, 0.29) is 0 Å². The standard InChI is InChI=1S/C16H15ClN2S/c1-3-11-6-4-5-10(2)15(11)19-16-18-13-9-12(17)7-8-14(13)20-16/h4-9H,3H2,1-2H3,(H,18,19). The lowest BCUT2D eigenvalue weighted by Gasteiger charge is -2.11. The number of para-hydroxylation sites is 1. The Labute approximate surface area is 127 Å². The Hall–Kier alpha value is -1.58. The number of thiazole rings is 1. The van der Waals surface area contributed by atoms with Gasteiger partial charge in [-0.1, -0.05) is 48.1 Å². The number of aromatic nitrogens is 1. The van der Waals surface area contributed by atoms with Crippen LogP contribution in [0.25, 0.3) is 10.2 Å². The molecule has 20 heavy (non-hydrogen) atoms. The maximum atomic E-state index is 6.01. The molecule has 1 heterocycles. The number of rotatable bonds is 3. The molecule has 0 aliphatic rings. The van der Waals surface area contributed by atoms with E-state index in [1.165, 1.54) is 16.8 Å². The number of hydrogen-bond acceptors (Lipinski definition) is 3. The van der Waals surface area contributed by atoms with Crippen molar-refractivity contribution < 1.29 is 0 Å². The minimum absolute atomic E-state index is 0.722. The fraction of sp³-hybridized carbons (Fsp3) is 0.188. The van der Waals surface area contributed by atoms with Crippen LogP contribution >= 0.6 is 22.9 Å². The van der Waals surface area contributed by atoms with Gasteiger partial charge in [-0.3, -0.25) is 0 Å². The first kappa shape index (κ1) is 13.4. The van der Waals surface area contributed by atoms with E-state index in [0.29, 0.717) is 0 Å². The zero-order valence-electron chi connectivity index (χ0n) is 11.4. The van der Waals surface area contributed by atoms with Crippen LogP contribution in [0.2, 0.25) is 5.02 Å². The number of anilines is 2. The van der Waals surface area contributed by atoms with Gasteiger partial charge in [0.1, 0.15) is 0 Å². The van der Waals surface area contributed by atoms with Crippen LogP contribution in [-0.4, -0.2) is 4.98 Å². The first-order valence-corrected chi connectivity index (χ1v) is 7.78. The van der Waals surface area contributed by atoms with Gasteiger partial charge >= 0.3 is 0 Å². The van der Waals surface area contributed by atoms with Crippen molar-refractivity contribution >= 4 is 44.0 Å². The molecule has 3 rings (SSSR count). The van der Waals surface area contributed by atoms with Crippen molar-refractivity contribution in [1.29, 1.82) is 0 Å². The van der Waals surface area contributed by atoms with Crippen molar-refractivity contribution in [2.75, 3.05) is 5.32 Å². The van der Waals surface area contributed by atoms with Crippen molar-refractivity contribution in [3.05, 3.63) is 52.5 Å². The highest BCUT2D eigenvalue weighted by atomic mass is 35.5. The summed E-state index contributed by atoms with van der Waals surface area (Å²) in [7, 11) is 0. The molecule has 0 radical (unpaired) electrons. The monoisotopic (exact) mass is 302 g/mol. The zero-order valence-corrected chi connectivity index (χ0v) is 13.0. The maximum absolute atomic E-state index is 6.01. The van der Waals surface area contributed by atoms with Gasteiger partial charge in [-0.05, 0) is 42.7 Å². The summed E-state index contributed by atoms with van der Waals surface area (Å²) in [4.78, 5) is 4.61. The second kappa shape index (κ2) is 5.43. The van der Waals surface area contributed by atoms with E-state index >= 15 is 0 Å². The fourth-order valence-electron chi connectivity index (χ4n) is 2.26. The van der Waals surface area contributed by atoms with Crippen molar-refractivity contribution in [2.45, 2.75) is 20.3 Å². The van der Waals surface area contributed by atoms with E-state index in [4.69, 9.17) is 11.6 Å². The van der Waals surface area contributed by atoms with Crippen LogP contribution in [-0.2, 0) is 6.42 Å². The SMILES string of the molecule is CCc1cccc(C)c1Nc1nc2cc(Cl)ccc2s1. The minimum Gasteiger partial charge on any atom is -0.331 e. The Morgan fingerprint density at radius 1 is 1.25 bits per heavy atom. The molecule has 4 heteroatoms. The third-order valence-electron chi connectivity index (χ3n) is 3.32. The molecule has 1 N–H and O–H groups in total. The highest BCUT2D eigenvalue weighted by Gasteiger charge is 2.08. The summed E-state index contributed by atoms with van der Waals surface area (Å²) in [6.07, 6.45) is 1.00. The van der Waals surface area contributed by atoms with Crippen molar-refractivity contribution in [3.8, 4) is 0 Å². The highest BCUT2D eigenvalue weighted by Crippen LogP contribution is 2.32. The lowest BCUT2D eigenvalue weighted by molar-refractivity contribution is 1.13. The summed E-state index contributed by atoms with van der Waals surface area (Å²) in [5.74, 6) is 0. The van der Waals surface area contributed by atoms with E-state index in [1.807, 2.05) is 18.2 Å². The minimum atomic E-state index is 0.722. The maximum Gasteiger partial charge on any atom is 0.188 e. The van der Waals surface area contributed by atoms with Crippen molar-refractivity contribution in [2.24, 2.45) is 0 Å². The molecule has 0 atom stereocenters. The third kappa shape index (κ3) is 2.51. The van der Waals surface area contributed by atoms with Crippen LogP contribution in [0.15, 0.2) is 36.4 Å². The lowest BCUT2D eigenvalue weighted by Crippen LogP contribution is -1.97. The smallest absolute Gasteiger partial charge is 0.188 e. The summed E-state index contributed by atoms with van der Waals surface area (Å²) >= 11 is 7.65. The van der Waals surface area contributed by atoms with E-state index in [1.54, 1.807) is 11.3 Å². The Balaban J connectivity index is 2.01. The molecular formula is C16H15ClN2S. The van der Waals surface area contributed by atoms with Crippen LogP contribution in [0.4, 0.5) is 10.8 Å². The van der Waals surface area contributed by atoms with Crippen LogP contribution in [0.5, 0.6) is 0 Å². The molecule has 0 aliphatic heterocycles. The predicted octanol–water partition coefficient (Wildman–Crippen LogP) is 5.56. The van der Waals surface area contributed by atoms with Crippen LogP contribution in [0, 0.1) is 6.92 Å². The molecule has 0 saturated heterocycles. The number of hydrogen-bond donors (Lipinski definition) is 1. The van der Waals surface area contributed by atoms with Gasteiger partial charge in [0.2, 0.25) is 0 Å². The fourth-order valence-corrected chi connectivity index (χ4v) is 3.28. The summed E-state index contributed by atoms with van der Waals surface area (Å²) in [5.41, 5.74) is 4.65. The number of fused-ring (bicyclic) bond motifs is 1. The summed E-state index contributed by atoms with van der Waals surface area (Å²) in [6, 6.07) is 12.2. The summed E-state index contributed by atoms with van der Waals surface area (Å²) < 4.78 is 1.14. The second-order valence-electron chi connectivity index (χ2n) is 4.72. The Bertz CT molecular complexity index is 764. The number of nitrogens with zero attached hydrogens (tertiary/aromatic N) is 1. The van der Waals surface area contributed by atoms with Gasteiger partial charge < -0.3 is 5.32 Å². The number of benzene rings is 2. The zero-order chi connectivity index (χ0) is 14.1. The molecule has 0 saturated carbocycles. The first-order valence-electron chi connectivity index (χ1n) is 6.59. The Morgan fingerprint density at radius 2 is 2.10 bits per heavy atom. The molecule has 0 spiro atoms. The average Bonchev–Trinajstić information content (AvgIpc) is 2.82. The average molecular weight is 303 g/mol. The van der Waals surface area contributed by atoms with Gasteiger partial charge in [-0.15, -0.1) is 0 Å². The molecule has 0 fully saturated rings. The van der Waals surface area contributed by atoms with Gasteiger partial charge in [-0.2, -0.15) is 0 Å². The van der Waals surface area contributed by atoms with Crippen LogP contribution in [0.1, 0.15) is 18.1 Å². The summed E-state index contributed by atoms with van der Waals surface area (Å²) in [6.45, 7) is 4.28. The van der Waals surface area contributed by atoms with Crippen molar-refractivity contribution in [1.82, 2.24) is 4.98 Å². The van der Waals surface area contributed by atoms with Gasteiger partial charge in [0.15, 0.2) is 5.13 Å². The quantitative estimate of drug-likeness (QED) is 0.684. The first-order chi connectivity index (χ1) is 9.67. The van der Waals surface area contributed by atoms with Crippen molar-refractivity contribution in [3.63, 3.8) is 0 Å². The van der Waals surface area contributed by atoms with Crippen LogP contribution in [0.3, 0.4) is 0 Å². The Morgan fingerprint density at radius 3 is 2.90 bits per heavy atom. The number of halogens is 1. The largest absolute Gasteiger partial charge is 0.331 e. The molecule has 0 aliphatic carbocycles. The molecule has 0 unspecified atom stereocenters. The van der Waals surface area contributed by atoms with Crippen LogP contribution < -0.4 is 5.32 Å². The van der Waals surface area contributed by atoms with E-state index in [9.17, 15) is 0 Å². The van der Waals surface area contributed by atoms with E-state index in [0.717, 1.165) is 26.8 Å². The molecule has 2 aromatic carbocycles. The number of aryl methyl sites for hydroxylation is 2. The Kier molecular flexibility index (Phi) is 3.64.